The Balaban J connectivity index is 1.11. The minimum Gasteiger partial charge on any atom is -0.444 e. The molecule has 2 saturated heterocycles. The van der Waals surface area contributed by atoms with Gasteiger partial charge in [-0.05, 0) is 52.2 Å². The fourth-order valence-electron chi connectivity index (χ4n) is 5.25. The number of amides is 6. The molecule has 2 fully saturated rings. The lowest BCUT2D eigenvalue weighted by Gasteiger charge is -2.32. The third kappa shape index (κ3) is 8.51. The van der Waals surface area contributed by atoms with E-state index < -0.39 is 41.4 Å². The Morgan fingerprint density at radius 2 is 1.72 bits per heavy atom. The maximum absolute atomic E-state index is 13.1. The van der Waals surface area contributed by atoms with Crippen molar-refractivity contribution in [1.29, 1.82) is 0 Å². The zero-order valence-corrected chi connectivity index (χ0v) is 24.8. The molecule has 14 heteroatoms. The largest absolute Gasteiger partial charge is 0.444 e. The summed E-state index contributed by atoms with van der Waals surface area (Å²) >= 11 is 0. The molecule has 3 aliphatic rings. The molecule has 4 N–H and O–H groups in total. The van der Waals surface area contributed by atoms with Crippen molar-refractivity contribution in [3.05, 3.63) is 29.3 Å². The number of likely N-dealkylation sites (tertiary alicyclic amines) is 1. The Hall–Kier alpha value is -4.04. The Morgan fingerprint density at radius 3 is 2.42 bits per heavy atom. The van der Waals surface area contributed by atoms with Gasteiger partial charge in [-0.3, -0.25) is 39.1 Å². The lowest BCUT2D eigenvalue weighted by Crippen LogP contribution is -2.54. The third-order valence-electron chi connectivity index (χ3n) is 7.27. The van der Waals surface area contributed by atoms with Crippen molar-refractivity contribution in [2.75, 3.05) is 51.3 Å². The molecule has 6 amide bonds. The second kappa shape index (κ2) is 14.0. The third-order valence-corrected chi connectivity index (χ3v) is 7.27. The number of nitrogens with zero attached hydrogens (tertiary/aromatic N) is 2. The van der Waals surface area contributed by atoms with Crippen LogP contribution in [0.3, 0.4) is 0 Å². The van der Waals surface area contributed by atoms with E-state index in [2.05, 4.69) is 21.3 Å². The van der Waals surface area contributed by atoms with Crippen LogP contribution >= 0.6 is 0 Å². The average molecular weight is 601 g/mol. The zero-order valence-electron chi connectivity index (χ0n) is 24.8. The minimum atomic E-state index is -1.02. The Bertz CT molecular complexity index is 1250. The van der Waals surface area contributed by atoms with Gasteiger partial charge in [0.05, 0.1) is 30.9 Å². The molecule has 0 radical (unpaired) electrons. The molecule has 0 spiro atoms. The van der Waals surface area contributed by atoms with Gasteiger partial charge in [-0.1, -0.05) is 6.07 Å². The summed E-state index contributed by atoms with van der Waals surface area (Å²) in [6.45, 7) is 8.37. The number of rotatable bonds is 11. The maximum Gasteiger partial charge on any atom is 0.407 e. The number of imide groups is 2. The lowest BCUT2D eigenvalue weighted by molar-refractivity contribution is -0.136. The Kier molecular flexibility index (Phi) is 10.3. The van der Waals surface area contributed by atoms with E-state index in [9.17, 15) is 28.8 Å². The number of anilines is 1. The van der Waals surface area contributed by atoms with Crippen LogP contribution in [0.15, 0.2) is 18.2 Å². The van der Waals surface area contributed by atoms with E-state index in [0.29, 0.717) is 38.5 Å². The average Bonchev–Trinajstić information content (AvgIpc) is 3.18. The van der Waals surface area contributed by atoms with Crippen LogP contribution in [0.25, 0.3) is 0 Å². The number of hydrogen-bond acceptors (Lipinski definition) is 10. The standard InChI is InChI=1S/C29H40N6O8/c1-29(2,3)43-28(41)32-18-9-13-34(14-10-18)17-23(37)31-12-16-42-15-11-30-20-6-4-5-19-24(20)27(40)35(26(19)39)21-7-8-22(36)33-25(21)38/h4-6,18,21,30H,7-17H2,1-3H3,(H,31,37)(H,32,41)(H,33,36,38). The number of carbonyl (C=O) groups excluding carboxylic acids is 6. The van der Waals surface area contributed by atoms with Gasteiger partial charge in [-0.2, -0.15) is 0 Å². The minimum absolute atomic E-state index is 0.0241. The fraction of sp³-hybridized carbons (Fsp3) is 0.586. The van der Waals surface area contributed by atoms with Gasteiger partial charge in [0.25, 0.3) is 11.8 Å². The summed E-state index contributed by atoms with van der Waals surface area (Å²) in [5.74, 6) is -2.33. The van der Waals surface area contributed by atoms with Gasteiger partial charge in [0.15, 0.2) is 0 Å². The van der Waals surface area contributed by atoms with Gasteiger partial charge in [0.2, 0.25) is 17.7 Å². The molecule has 1 atom stereocenters. The molecule has 0 aliphatic carbocycles. The number of benzene rings is 1. The van der Waals surface area contributed by atoms with Gasteiger partial charge in [0.1, 0.15) is 11.6 Å². The van der Waals surface area contributed by atoms with E-state index in [-0.39, 0.29) is 49.1 Å². The number of piperidine rings is 2. The molecule has 0 saturated carbocycles. The predicted octanol–water partition coefficient (Wildman–Crippen LogP) is 0.622. The van der Waals surface area contributed by atoms with E-state index >= 15 is 0 Å². The second-order valence-electron chi connectivity index (χ2n) is 11.8. The smallest absolute Gasteiger partial charge is 0.407 e. The summed E-state index contributed by atoms with van der Waals surface area (Å²) in [5.41, 5.74) is 0.296. The van der Waals surface area contributed by atoms with Crippen LogP contribution < -0.4 is 21.3 Å². The van der Waals surface area contributed by atoms with Gasteiger partial charge >= 0.3 is 6.09 Å². The molecule has 14 nitrogen and oxygen atoms in total. The molecule has 0 bridgehead atoms. The molecule has 43 heavy (non-hydrogen) atoms. The summed E-state index contributed by atoms with van der Waals surface area (Å²) < 4.78 is 10.9. The molecule has 1 aromatic rings. The van der Waals surface area contributed by atoms with Crippen LogP contribution in [0.4, 0.5) is 10.5 Å². The molecular weight excluding hydrogens is 560 g/mol. The van der Waals surface area contributed by atoms with Gasteiger partial charge < -0.3 is 25.4 Å². The highest BCUT2D eigenvalue weighted by atomic mass is 16.6. The summed E-state index contributed by atoms with van der Waals surface area (Å²) in [4.78, 5) is 77.1. The maximum atomic E-state index is 13.1. The van der Waals surface area contributed by atoms with Crippen LogP contribution in [0.5, 0.6) is 0 Å². The van der Waals surface area contributed by atoms with Crippen molar-refractivity contribution in [3.63, 3.8) is 0 Å². The second-order valence-corrected chi connectivity index (χ2v) is 11.8. The zero-order chi connectivity index (χ0) is 31.1. The predicted molar refractivity (Wildman–Crippen MR) is 154 cm³/mol. The van der Waals surface area contributed by atoms with Crippen molar-refractivity contribution >= 4 is 41.3 Å². The molecule has 3 heterocycles. The number of ether oxygens (including phenoxy) is 2. The van der Waals surface area contributed by atoms with E-state index in [4.69, 9.17) is 9.47 Å². The van der Waals surface area contributed by atoms with E-state index in [1.54, 1.807) is 12.1 Å². The van der Waals surface area contributed by atoms with Crippen molar-refractivity contribution < 1.29 is 38.2 Å². The first-order valence-corrected chi connectivity index (χ1v) is 14.6. The number of alkyl carbamates (subject to hydrolysis) is 1. The van der Waals surface area contributed by atoms with Gasteiger partial charge in [0, 0.05) is 44.3 Å². The van der Waals surface area contributed by atoms with Crippen molar-refractivity contribution in [2.45, 2.75) is 64.1 Å². The number of nitrogens with one attached hydrogen (secondary N) is 4. The van der Waals surface area contributed by atoms with Crippen LogP contribution in [-0.2, 0) is 23.9 Å². The Labute approximate surface area is 250 Å². The van der Waals surface area contributed by atoms with E-state index in [1.807, 2.05) is 25.7 Å². The normalized spacial score (nSPS) is 19.6. The first-order chi connectivity index (χ1) is 20.4. The highest BCUT2D eigenvalue weighted by molar-refractivity contribution is 6.25. The summed E-state index contributed by atoms with van der Waals surface area (Å²) in [6.07, 6.45) is 1.20. The van der Waals surface area contributed by atoms with Crippen molar-refractivity contribution in [2.24, 2.45) is 0 Å². The van der Waals surface area contributed by atoms with Crippen molar-refractivity contribution in [3.8, 4) is 0 Å². The van der Waals surface area contributed by atoms with Crippen molar-refractivity contribution in [1.82, 2.24) is 25.8 Å². The van der Waals surface area contributed by atoms with Crippen LogP contribution in [0, 0.1) is 0 Å². The first-order valence-electron chi connectivity index (χ1n) is 14.6. The molecule has 1 aromatic carbocycles. The van der Waals surface area contributed by atoms with Gasteiger partial charge in [-0.15, -0.1) is 0 Å². The summed E-state index contributed by atoms with van der Waals surface area (Å²) in [6, 6.07) is 3.86. The SMILES string of the molecule is CC(C)(C)OC(=O)NC1CCN(CC(=O)NCCOCCNc2cccc3c2C(=O)N(C2CCC(=O)NC2=O)C3=O)CC1. The van der Waals surface area contributed by atoms with E-state index in [1.165, 1.54) is 6.07 Å². The molecule has 0 aromatic heterocycles. The van der Waals surface area contributed by atoms with Gasteiger partial charge in [-0.25, -0.2) is 4.79 Å². The monoisotopic (exact) mass is 600 g/mol. The fourth-order valence-corrected chi connectivity index (χ4v) is 5.25. The van der Waals surface area contributed by atoms with Crippen LogP contribution in [0.1, 0.15) is 67.2 Å². The highest BCUT2D eigenvalue weighted by Gasteiger charge is 2.45. The lowest BCUT2D eigenvalue weighted by atomic mass is 10.0. The van der Waals surface area contributed by atoms with E-state index in [0.717, 1.165) is 17.7 Å². The topological polar surface area (TPSA) is 175 Å². The Morgan fingerprint density at radius 1 is 1.00 bits per heavy atom. The summed E-state index contributed by atoms with van der Waals surface area (Å²) in [7, 11) is 0. The molecule has 234 valence electrons. The molecule has 3 aliphatic heterocycles. The number of carbonyl (C=O) groups is 6. The molecular formula is C29H40N6O8. The highest BCUT2D eigenvalue weighted by Crippen LogP contribution is 2.32. The van der Waals surface area contributed by atoms with Crippen LogP contribution in [0.2, 0.25) is 0 Å². The number of fused-ring (bicyclic) bond motifs is 1. The summed E-state index contributed by atoms with van der Waals surface area (Å²) in [5, 5.41) is 11.0. The van der Waals surface area contributed by atoms with Crippen LogP contribution in [-0.4, -0.2) is 109 Å². The quantitative estimate of drug-likeness (QED) is 0.208. The first kappa shape index (κ1) is 31.9. The molecule has 1 unspecified atom stereocenters. The molecule has 4 rings (SSSR count). The number of hydrogen-bond donors (Lipinski definition) is 4.